The van der Waals surface area contributed by atoms with Crippen LogP contribution in [0.25, 0.3) is 0 Å². The number of halogens is 1. The van der Waals surface area contributed by atoms with Crippen molar-refractivity contribution >= 4 is 33.2 Å². The van der Waals surface area contributed by atoms with E-state index in [0.717, 1.165) is 11.6 Å². The number of hydrogen-bond donors (Lipinski definition) is 2. The van der Waals surface area contributed by atoms with Crippen LogP contribution in [0, 0.1) is 5.82 Å². The van der Waals surface area contributed by atoms with Crippen LogP contribution in [0.5, 0.6) is 0 Å². The molecule has 2 N–H and O–H groups in total. The molecule has 0 bridgehead atoms. The van der Waals surface area contributed by atoms with Gasteiger partial charge >= 0.3 is 0 Å². The zero-order chi connectivity index (χ0) is 22.9. The van der Waals surface area contributed by atoms with Crippen molar-refractivity contribution in [3.63, 3.8) is 0 Å². The molecule has 0 atom stereocenters. The molecular formula is C23H20FN3O4S. The zero-order valence-corrected chi connectivity index (χ0v) is 17.9. The van der Waals surface area contributed by atoms with Gasteiger partial charge in [0.25, 0.3) is 21.8 Å². The Kier molecular flexibility index (Phi) is 5.67. The number of carbonyl (C=O) groups excluding carboxylic acids is 2. The Hall–Kier alpha value is -3.72. The first kappa shape index (κ1) is 21.5. The molecule has 1 heterocycles. The Morgan fingerprint density at radius 1 is 0.969 bits per heavy atom. The lowest BCUT2D eigenvalue weighted by Gasteiger charge is -2.20. The summed E-state index contributed by atoms with van der Waals surface area (Å²) in [5.41, 5.74) is 1.69. The van der Waals surface area contributed by atoms with E-state index in [1.54, 1.807) is 12.1 Å². The average molecular weight is 453 g/mol. The van der Waals surface area contributed by atoms with E-state index in [0.29, 0.717) is 18.7 Å². The maximum Gasteiger partial charge on any atom is 0.264 e. The molecule has 32 heavy (non-hydrogen) atoms. The first-order valence-electron chi connectivity index (χ1n) is 9.85. The van der Waals surface area contributed by atoms with Crippen LogP contribution in [0.3, 0.4) is 0 Å². The highest BCUT2D eigenvalue weighted by atomic mass is 32.2. The smallest absolute Gasteiger partial charge is 0.264 e. The van der Waals surface area contributed by atoms with Gasteiger partial charge in [-0.3, -0.25) is 13.9 Å². The Balaban J connectivity index is 1.60. The number of amides is 2. The van der Waals surface area contributed by atoms with Gasteiger partial charge in [-0.2, -0.15) is 0 Å². The second-order valence-electron chi connectivity index (χ2n) is 7.21. The lowest BCUT2D eigenvalue weighted by molar-refractivity contribution is 0.0957. The van der Waals surface area contributed by atoms with Crippen molar-refractivity contribution in [2.75, 3.05) is 23.2 Å². The van der Waals surface area contributed by atoms with Gasteiger partial charge in [-0.15, -0.1) is 0 Å². The molecule has 0 radical (unpaired) electrons. The molecule has 1 aliphatic heterocycles. The molecule has 0 saturated carbocycles. The first-order valence-corrected chi connectivity index (χ1v) is 11.3. The highest BCUT2D eigenvalue weighted by molar-refractivity contribution is 7.92. The van der Waals surface area contributed by atoms with Crippen LogP contribution in [0.1, 0.15) is 26.3 Å². The van der Waals surface area contributed by atoms with Crippen LogP contribution in [0.4, 0.5) is 15.8 Å². The minimum Gasteiger partial charge on any atom is -0.355 e. The molecule has 2 amide bonds. The highest BCUT2D eigenvalue weighted by Crippen LogP contribution is 2.32. The van der Waals surface area contributed by atoms with Gasteiger partial charge in [0.05, 0.1) is 16.1 Å². The van der Waals surface area contributed by atoms with E-state index < -0.39 is 27.7 Å². The molecule has 0 unspecified atom stereocenters. The van der Waals surface area contributed by atoms with Crippen molar-refractivity contribution in [3.8, 4) is 0 Å². The van der Waals surface area contributed by atoms with Gasteiger partial charge in [0.1, 0.15) is 5.82 Å². The fraction of sp³-hybridized carbons (Fsp3) is 0.130. The fourth-order valence-electron chi connectivity index (χ4n) is 3.60. The van der Waals surface area contributed by atoms with Crippen LogP contribution in [0.15, 0.2) is 71.6 Å². The Labute approximate surface area is 184 Å². The van der Waals surface area contributed by atoms with Crippen molar-refractivity contribution in [2.45, 2.75) is 11.3 Å². The maximum absolute atomic E-state index is 13.9. The zero-order valence-electron chi connectivity index (χ0n) is 17.1. The lowest BCUT2D eigenvalue weighted by atomic mass is 10.1. The monoisotopic (exact) mass is 453 g/mol. The summed E-state index contributed by atoms with van der Waals surface area (Å²) >= 11 is 0. The van der Waals surface area contributed by atoms with Crippen LogP contribution in [0.2, 0.25) is 0 Å². The predicted octanol–water partition coefficient (Wildman–Crippen LogP) is 3.19. The summed E-state index contributed by atoms with van der Waals surface area (Å²) in [5.74, 6) is -1.93. The number of para-hydroxylation sites is 1. The molecule has 4 rings (SSSR count). The lowest BCUT2D eigenvalue weighted by Crippen LogP contribution is -2.29. The third kappa shape index (κ3) is 3.94. The van der Waals surface area contributed by atoms with Crippen LogP contribution in [-0.4, -0.2) is 33.8 Å². The van der Waals surface area contributed by atoms with Gasteiger partial charge in [0.15, 0.2) is 0 Å². The molecule has 3 aromatic carbocycles. The Morgan fingerprint density at radius 3 is 2.53 bits per heavy atom. The molecule has 1 aliphatic rings. The predicted molar refractivity (Wildman–Crippen MR) is 119 cm³/mol. The van der Waals surface area contributed by atoms with E-state index in [4.69, 9.17) is 0 Å². The van der Waals surface area contributed by atoms with Crippen LogP contribution >= 0.6 is 0 Å². The molecule has 164 valence electrons. The maximum atomic E-state index is 13.9. The van der Waals surface area contributed by atoms with Crippen molar-refractivity contribution in [1.29, 1.82) is 0 Å². The molecule has 0 fully saturated rings. The highest BCUT2D eigenvalue weighted by Gasteiger charge is 2.31. The summed E-state index contributed by atoms with van der Waals surface area (Å²) < 4.78 is 41.7. The standard InChI is InChI=1S/C23H20FN3O4S/c1-25-23(29)19-14-17(9-10-20(19)24)26-22(28)16-6-4-7-18(13-16)32(30,31)27-12-11-15-5-2-3-8-21(15)27/h2-10,13-14H,11-12H2,1H3,(H,25,29)(H,26,28). The number of benzene rings is 3. The van der Waals surface area contributed by atoms with Gasteiger partial charge in [-0.25, -0.2) is 12.8 Å². The molecule has 7 nitrogen and oxygen atoms in total. The summed E-state index contributed by atoms with van der Waals surface area (Å²) in [4.78, 5) is 24.5. The van der Waals surface area contributed by atoms with E-state index >= 15 is 0 Å². The van der Waals surface area contributed by atoms with Crippen molar-refractivity contribution in [3.05, 3.63) is 89.2 Å². The summed E-state index contributed by atoms with van der Waals surface area (Å²) in [6.45, 7) is 0.329. The van der Waals surface area contributed by atoms with Crippen molar-refractivity contribution in [2.24, 2.45) is 0 Å². The van der Waals surface area contributed by atoms with E-state index in [9.17, 15) is 22.4 Å². The molecule has 3 aromatic rings. The summed E-state index contributed by atoms with van der Waals surface area (Å²) in [5, 5.41) is 4.90. The molecule has 0 aliphatic carbocycles. The Morgan fingerprint density at radius 2 is 1.75 bits per heavy atom. The molecule has 0 aromatic heterocycles. The number of nitrogens with one attached hydrogen (secondary N) is 2. The third-order valence-electron chi connectivity index (χ3n) is 5.22. The molecule has 9 heteroatoms. The number of rotatable bonds is 5. The molecular weight excluding hydrogens is 433 g/mol. The van der Waals surface area contributed by atoms with Crippen LogP contribution < -0.4 is 14.9 Å². The van der Waals surface area contributed by atoms with Gasteiger partial charge in [-0.1, -0.05) is 24.3 Å². The topological polar surface area (TPSA) is 95.6 Å². The van der Waals surface area contributed by atoms with Gasteiger partial charge in [-0.05, 0) is 54.4 Å². The molecule has 0 saturated heterocycles. The Bertz CT molecular complexity index is 1320. The normalized spacial score (nSPS) is 12.9. The van der Waals surface area contributed by atoms with E-state index in [-0.39, 0.29) is 21.7 Å². The first-order chi connectivity index (χ1) is 15.3. The second-order valence-corrected chi connectivity index (χ2v) is 9.07. The quantitative estimate of drug-likeness (QED) is 0.620. The van der Waals surface area contributed by atoms with E-state index in [1.807, 2.05) is 12.1 Å². The van der Waals surface area contributed by atoms with Gasteiger partial charge in [0.2, 0.25) is 0 Å². The summed E-state index contributed by atoms with van der Waals surface area (Å²) in [6, 6.07) is 16.6. The number of fused-ring (bicyclic) bond motifs is 1. The minimum atomic E-state index is -3.86. The number of anilines is 2. The van der Waals surface area contributed by atoms with Crippen LogP contribution in [-0.2, 0) is 16.4 Å². The van der Waals surface area contributed by atoms with Gasteiger partial charge in [0, 0.05) is 24.8 Å². The SMILES string of the molecule is CNC(=O)c1cc(NC(=O)c2cccc(S(=O)(=O)N3CCc4ccccc43)c2)ccc1F. The number of hydrogen-bond acceptors (Lipinski definition) is 4. The van der Waals surface area contributed by atoms with Gasteiger partial charge < -0.3 is 10.6 Å². The van der Waals surface area contributed by atoms with Crippen molar-refractivity contribution < 1.29 is 22.4 Å². The fourth-order valence-corrected chi connectivity index (χ4v) is 5.15. The third-order valence-corrected chi connectivity index (χ3v) is 7.03. The number of carbonyl (C=O) groups is 2. The second kappa shape index (κ2) is 8.43. The molecule has 0 spiro atoms. The average Bonchev–Trinajstić information content (AvgIpc) is 3.25. The summed E-state index contributed by atoms with van der Waals surface area (Å²) in [7, 11) is -2.48. The number of sulfonamides is 1. The van der Waals surface area contributed by atoms with Crippen molar-refractivity contribution in [1.82, 2.24) is 5.32 Å². The van der Waals surface area contributed by atoms with E-state index in [2.05, 4.69) is 10.6 Å². The largest absolute Gasteiger partial charge is 0.355 e. The summed E-state index contributed by atoms with van der Waals surface area (Å²) in [6.07, 6.45) is 0.619. The van der Waals surface area contributed by atoms with E-state index in [1.165, 1.54) is 47.8 Å². The minimum absolute atomic E-state index is 0.00740. The number of nitrogens with zero attached hydrogens (tertiary/aromatic N) is 1.